The number of aromatic hydroxyl groups is 1. The van der Waals surface area contributed by atoms with Gasteiger partial charge in [0.1, 0.15) is 0 Å². The summed E-state index contributed by atoms with van der Waals surface area (Å²) in [5, 5.41) is 9.92. The Balaban J connectivity index is 2.14. The second-order valence-electron chi connectivity index (χ2n) is 3.38. The fourth-order valence-electron chi connectivity index (χ4n) is 1.31. The molecule has 0 radical (unpaired) electrons. The Labute approximate surface area is 103 Å². The summed E-state index contributed by atoms with van der Waals surface area (Å²) in [7, 11) is 0. The maximum atomic E-state index is 11.6. The quantitative estimate of drug-likeness (QED) is 0.668. The molecule has 0 saturated carbocycles. The van der Waals surface area contributed by atoms with Gasteiger partial charge >= 0.3 is 0 Å². The molecule has 17 heavy (non-hydrogen) atoms. The van der Waals surface area contributed by atoms with Crippen molar-refractivity contribution >= 4 is 23.5 Å². The standard InChI is InChI=1S/C13H9ClO3/c14-10-4-1-9(2-5-10)3-6-11(15)13-12(16)7-8-17-13/h1-8,16H/b6-3+. The Morgan fingerprint density at radius 3 is 2.53 bits per heavy atom. The zero-order valence-corrected chi connectivity index (χ0v) is 9.52. The first-order chi connectivity index (χ1) is 8.16. The molecule has 4 heteroatoms. The number of ketones is 1. The number of carbonyl (C=O) groups excluding carboxylic acids is 1. The molecular weight excluding hydrogens is 240 g/mol. The molecule has 0 aliphatic carbocycles. The minimum atomic E-state index is -0.387. The van der Waals surface area contributed by atoms with E-state index in [1.54, 1.807) is 30.3 Å². The molecular formula is C13H9ClO3. The fraction of sp³-hybridized carbons (Fsp3) is 0. The summed E-state index contributed by atoms with van der Waals surface area (Å²) in [4.78, 5) is 11.6. The number of carbonyl (C=O) groups is 1. The van der Waals surface area contributed by atoms with E-state index in [0.717, 1.165) is 5.56 Å². The minimum absolute atomic E-state index is 0.0600. The number of rotatable bonds is 3. The van der Waals surface area contributed by atoms with Crippen LogP contribution in [0.25, 0.3) is 6.08 Å². The number of allylic oxidation sites excluding steroid dienone is 1. The highest BCUT2D eigenvalue weighted by molar-refractivity contribution is 6.30. The van der Waals surface area contributed by atoms with Crippen LogP contribution in [0, 0.1) is 0 Å². The highest BCUT2D eigenvalue weighted by Gasteiger charge is 2.11. The molecule has 1 aromatic carbocycles. The molecule has 0 saturated heterocycles. The first-order valence-corrected chi connectivity index (χ1v) is 5.29. The van der Waals surface area contributed by atoms with E-state index in [4.69, 9.17) is 16.0 Å². The van der Waals surface area contributed by atoms with Crippen molar-refractivity contribution < 1.29 is 14.3 Å². The van der Waals surface area contributed by atoms with Gasteiger partial charge in [-0.1, -0.05) is 29.8 Å². The van der Waals surface area contributed by atoms with Gasteiger partial charge in [-0.2, -0.15) is 0 Å². The molecule has 0 aliphatic rings. The van der Waals surface area contributed by atoms with E-state index in [1.165, 1.54) is 18.4 Å². The average molecular weight is 249 g/mol. The second-order valence-corrected chi connectivity index (χ2v) is 3.82. The Bertz CT molecular complexity index is 552. The molecule has 3 nitrogen and oxygen atoms in total. The van der Waals surface area contributed by atoms with E-state index < -0.39 is 0 Å². The van der Waals surface area contributed by atoms with Crippen LogP contribution < -0.4 is 0 Å². The van der Waals surface area contributed by atoms with Crippen LogP contribution in [0.4, 0.5) is 0 Å². The van der Waals surface area contributed by atoms with Crippen molar-refractivity contribution in [2.24, 2.45) is 0 Å². The van der Waals surface area contributed by atoms with Gasteiger partial charge < -0.3 is 9.52 Å². The van der Waals surface area contributed by atoms with Crippen LogP contribution in [0.15, 0.2) is 47.1 Å². The highest BCUT2D eigenvalue weighted by Crippen LogP contribution is 2.19. The van der Waals surface area contributed by atoms with Gasteiger partial charge in [-0.15, -0.1) is 0 Å². The van der Waals surface area contributed by atoms with Crippen LogP contribution in [0.2, 0.25) is 5.02 Å². The number of furan rings is 1. The summed E-state index contributed by atoms with van der Waals surface area (Å²) in [6.45, 7) is 0. The zero-order chi connectivity index (χ0) is 12.3. The Morgan fingerprint density at radius 1 is 1.24 bits per heavy atom. The van der Waals surface area contributed by atoms with Crippen LogP contribution in [0.1, 0.15) is 16.1 Å². The normalized spacial score (nSPS) is 10.9. The van der Waals surface area contributed by atoms with Gasteiger partial charge in [0, 0.05) is 11.1 Å². The summed E-state index contributed by atoms with van der Waals surface area (Å²) in [5.74, 6) is -0.603. The Kier molecular flexibility index (Phi) is 3.30. The average Bonchev–Trinajstić information content (AvgIpc) is 2.74. The summed E-state index contributed by atoms with van der Waals surface area (Å²) in [6, 6.07) is 8.36. The summed E-state index contributed by atoms with van der Waals surface area (Å²) in [6.07, 6.45) is 4.22. The third-order valence-electron chi connectivity index (χ3n) is 2.17. The molecule has 0 spiro atoms. The van der Waals surface area contributed by atoms with E-state index in [1.807, 2.05) is 0 Å². The maximum absolute atomic E-state index is 11.6. The van der Waals surface area contributed by atoms with Gasteiger partial charge in [0.25, 0.3) is 0 Å². The van der Waals surface area contributed by atoms with Crippen molar-refractivity contribution in [2.75, 3.05) is 0 Å². The van der Waals surface area contributed by atoms with Crippen LogP contribution in [0.3, 0.4) is 0 Å². The minimum Gasteiger partial charge on any atom is -0.504 e. The topological polar surface area (TPSA) is 50.4 Å². The number of halogens is 1. The molecule has 2 aromatic rings. The van der Waals surface area contributed by atoms with E-state index >= 15 is 0 Å². The van der Waals surface area contributed by atoms with Gasteiger partial charge in [0.2, 0.25) is 11.5 Å². The lowest BCUT2D eigenvalue weighted by molar-refractivity contribution is 0.101. The smallest absolute Gasteiger partial charge is 0.224 e. The number of hydrogen-bond acceptors (Lipinski definition) is 3. The van der Waals surface area contributed by atoms with E-state index in [-0.39, 0.29) is 17.3 Å². The molecule has 2 rings (SSSR count). The van der Waals surface area contributed by atoms with Crippen molar-refractivity contribution in [3.8, 4) is 5.75 Å². The predicted octanol–water partition coefficient (Wildman–Crippen LogP) is 3.53. The third-order valence-corrected chi connectivity index (χ3v) is 2.42. The molecule has 1 N–H and O–H groups in total. The number of benzene rings is 1. The molecule has 0 bridgehead atoms. The van der Waals surface area contributed by atoms with Gasteiger partial charge in [-0.25, -0.2) is 0 Å². The Morgan fingerprint density at radius 2 is 1.94 bits per heavy atom. The summed E-state index contributed by atoms with van der Waals surface area (Å²) >= 11 is 5.74. The lowest BCUT2D eigenvalue weighted by Gasteiger charge is -1.93. The fourth-order valence-corrected chi connectivity index (χ4v) is 1.43. The number of hydrogen-bond donors (Lipinski definition) is 1. The van der Waals surface area contributed by atoms with Crippen LogP contribution in [0.5, 0.6) is 5.75 Å². The van der Waals surface area contributed by atoms with E-state index in [9.17, 15) is 9.90 Å². The lowest BCUT2D eigenvalue weighted by atomic mass is 10.2. The second kappa shape index (κ2) is 4.89. The maximum Gasteiger partial charge on any atom is 0.224 e. The molecule has 0 fully saturated rings. The molecule has 0 aliphatic heterocycles. The Hall–Kier alpha value is -2.00. The van der Waals surface area contributed by atoms with Gasteiger partial charge in [-0.05, 0) is 23.8 Å². The van der Waals surface area contributed by atoms with Crippen molar-refractivity contribution in [1.29, 1.82) is 0 Å². The predicted molar refractivity (Wildman–Crippen MR) is 65.2 cm³/mol. The lowest BCUT2D eigenvalue weighted by Crippen LogP contribution is -1.91. The van der Waals surface area contributed by atoms with Crippen molar-refractivity contribution in [2.45, 2.75) is 0 Å². The van der Waals surface area contributed by atoms with Crippen LogP contribution in [-0.2, 0) is 0 Å². The molecule has 0 atom stereocenters. The molecule has 0 unspecified atom stereocenters. The third kappa shape index (κ3) is 2.77. The zero-order valence-electron chi connectivity index (χ0n) is 8.76. The van der Waals surface area contributed by atoms with Crippen LogP contribution in [-0.4, -0.2) is 10.9 Å². The van der Waals surface area contributed by atoms with Crippen LogP contribution >= 0.6 is 11.6 Å². The summed E-state index contributed by atoms with van der Waals surface area (Å²) < 4.78 is 4.86. The van der Waals surface area contributed by atoms with Gasteiger partial charge in [0.15, 0.2) is 5.75 Å². The first-order valence-electron chi connectivity index (χ1n) is 4.91. The van der Waals surface area contributed by atoms with Crippen molar-refractivity contribution in [1.82, 2.24) is 0 Å². The van der Waals surface area contributed by atoms with Gasteiger partial charge in [-0.3, -0.25) is 4.79 Å². The van der Waals surface area contributed by atoms with Gasteiger partial charge in [0.05, 0.1) is 6.26 Å². The molecule has 1 aromatic heterocycles. The largest absolute Gasteiger partial charge is 0.504 e. The van der Waals surface area contributed by atoms with Crippen molar-refractivity contribution in [3.05, 3.63) is 59.0 Å². The molecule has 0 amide bonds. The highest BCUT2D eigenvalue weighted by atomic mass is 35.5. The van der Waals surface area contributed by atoms with Crippen molar-refractivity contribution in [3.63, 3.8) is 0 Å². The van der Waals surface area contributed by atoms with E-state index in [2.05, 4.69) is 0 Å². The molecule has 1 heterocycles. The monoisotopic (exact) mass is 248 g/mol. The first kappa shape index (κ1) is 11.5. The van der Waals surface area contributed by atoms with E-state index in [0.29, 0.717) is 5.02 Å². The summed E-state index contributed by atoms with van der Waals surface area (Å²) in [5.41, 5.74) is 0.841. The molecule has 86 valence electrons. The SMILES string of the molecule is O=C(/C=C/c1ccc(Cl)cc1)c1occc1O.